The molecule has 0 bridgehead atoms. The minimum atomic E-state index is -0.326. The first kappa shape index (κ1) is 16.6. The molecule has 1 amide bonds. The Balaban J connectivity index is 1.69. The first-order chi connectivity index (χ1) is 11.6. The number of likely N-dealkylation sites (tertiary alicyclic amines) is 1. The zero-order valence-electron chi connectivity index (χ0n) is 14.6. The molecule has 1 N–H and O–H groups in total. The Morgan fingerprint density at radius 3 is 2.75 bits per heavy atom. The molecule has 0 aliphatic carbocycles. The lowest BCUT2D eigenvalue weighted by Gasteiger charge is -2.36. The van der Waals surface area contributed by atoms with Gasteiger partial charge in [-0.05, 0) is 52.0 Å². The highest BCUT2D eigenvalue weighted by Crippen LogP contribution is 2.20. The van der Waals surface area contributed by atoms with Gasteiger partial charge in [-0.2, -0.15) is 0 Å². The molecule has 1 atom stereocenters. The van der Waals surface area contributed by atoms with Gasteiger partial charge in [-0.25, -0.2) is 9.97 Å². The first-order valence-corrected chi connectivity index (χ1v) is 8.47. The summed E-state index contributed by atoms with van der Waals surface area (Å²) in [7, 11) is 4.04. The van der Waals surface area contributed by atoms with Gasteiger partial charge in [-0.3, -0.25) is 4.79 Å². The smallest absolute Gasteiger partial charge is 0.244 e. The van der Waals surface area contributed by atoms with Crippen LogP contribution < -0.4 is 5.32 Å². The largest absolute Gasteiger partial charge is 0.358 e. The Labute approximate surface area is 142 Å². The Bertz CT molecular complexity index is 706. The molecule has 2 aromatic rings. The second-order valence-corrected chi connectivity index (χ2v) is 6.59. The van der Waals surface area contributed by atoms with Gasteiger partial charge in [-0.1, -0.05) is 12.1 Å². The van der Waals surface area contributed by atoms with E-state index in [1.165, 1.54) is 6.33 Å². The van der Waals surface area contributed by atoms with Crippen LogP contribution >= 0.6 is 0 Å². The molecule has 6 heteroatoms. The summed E-state index contributed by atoms with van der Waals surface area (Å²) in [5.41, 5.74) is 0.873. The van der Waals surface area contributed by atoms with Gasteiger partial charge in [0, 0.05) is 18.5 Å². The van der Waals surface area contributed by atoms with Crippen molar-refractivity contribution in [3.05, 3.63) is 30.6 Å². The van der Waals surface area contributed by atoms with Gasteiger partial charge in [0.1, 0.15) is 18.2 Å². The maximum absolute atomic E-state index is 12.8. The SMILES string of the molecule is CC(Nc1ncnc2ccccc12)C(=O)N(C)C1CCN(C)CC1. The van der Waals surface area contributed by atoms with E-state index >= 15 is 0 Å². The number of carbonyl (C=O) groups is 1. The molecule has 0 spiro atoms. The molecule has 1 saturated heterocycles. The standard InChI is InChI=1S/C18H25N5O/c1-13(18(24)23(3)14-8-10-22(2)11-9-14)21-17-15-6-4-5-7-16(15)19-12-20-17/h4-7,12-14H,8-11H2,1-3H3,(H,19,20,21). The number of likely N-dealkylation sites (N-methyl/N-ethyl adjacent to an activating group) is 1. The van der Waals surface area contributed by atoms with Crippen LogP contribution in [0.3, 0.4) is 0 Å². The molecule has 3 rings (SSSR count). The predicted molar refractivity (Wildman–Crippen MR) is 95.9 cm³/mol. The summed E-state index contributed by atoms with van der Waals surface area (Å²) in [5, 5.41) is 4.19. The number of carbonyl (C=O) groups excluding carboxylic acids is 1. The highest BCUT2D eigenvalue weighted by molar-refractivity contribution is 5.91. The van der Waals surface area contributed by atoms with Crippen molar-refractivity contribution in [2.75, 3.05) is 32.5 Å². The van der Waals surface area contributed by atoms with Gasteiger partial charge >= 0.3 is 0 Å². The number of anilines is 1. The Hall–Kier alpha value is -2.21. The van der Waals surface area contributed by atoms with Gasteiger partial charge in [-0.15, -0.1) is 0 Å². The Morgan fingerprint density at radius 1 is 1.29 bits per heavy atom. The van der Waals surface area contributed by atoms with Gasteiger partial charge in [0.2, 0.25) is 5.91 Å². The van der Waals surface area contributed by atoms with Gasteiger partial charge in [0.05, 0.1) is 5.52 Å². The number of para-hydroxylation sites is 1. The molecule has 0 radical (unpaired) electrons. The minimum absolute atomic E-state index is 0.104. The summed E-state index contributed by atoms with van der Waals surface area (Å²) in [4.78, 5) is 25.5. The number of rotatable bonds is 4. The van der Waals surface area contributed by atoms with E-state index in [9.17, 15) is 4.79 Å². The van der Waals surface area contributed by atoms with Crippen molar-refractivity contribution in [1.82, 2.24) is 19.8 Å². The van der Waals surface area contributed by atoms with E-state index in [1.54, 1.807) is 0 Å². The fraction of sp³-hybridized carbons (Fsp3) is 0.500. The molecule has 128 valence electrons. The van der Waals surface area contributed by atoms with Crippen LogP contribution in [0.4, 0.5) is 5.82 Å². The molecule has 1 aromatic heterocycles. The molecule has 1 aromatic carbocycles. The summed E-state index contributed by atoms with van der Waals surface area (Å²) < 4.78 is 0. The first-order valence-electron chi connectivity index (χ1n) is 8.47. The van der Waals surface area contributed by atoms with Gasteiger partial charge < -0.3 is 15.1 Å². The van der Waals surface area contributed by atoms with Crippen molar-refractivity contribution in [2.24, 2.45) is 0 Å². The number of nitrogens with zero attached hydrogens (tertiary/aromatic N) is 4. The van der Waals surface area contributed by atoms with Crippen LogP contribution in [-0.2, 0) is 4.79 Å². The maximum Gasteiger partial charge on any atom is 0.244 e. The molecule has 0 saturated carbocycles. The van der Waals surface area contributed by atoms with Crippen molar-refractivity contribution in [3.8, 4) is 0 Å². The highest BCUT2D eigenvalue weighted by atomic mass is 16.2. The van der Waals surface area contributed by atoms with E-state index in [4.69, 9.17) is 0 Å². The van der Waals surface area contributed by atoms with Crippen LogP contribution in [-0.4, -0.2) is 64.9 Å². The van der Waals surface area contributed by atoms with E-state index in [1.807, 2.05) is 43.1 Å². The number of aromatic nitrogens is 2. The number of hydrogen-bond donors (Lipinski definition) is 1. The predicted octanol–water partition coefficient (Wildman–Crippen LogP) is 1.98. The number of benzene rings is 1. The van der Waals surface area contributed by atoms with Crippen LogP contribution in [0.2, 0.25) is 0 Å². The number of amides is 1. The van der Waals surface area contributed by atoms with Crippen molar-refractivity contribution >= 4 is 22.6 Å². The van der Waals surface area contributed by atoms with E-state index in [0.717, 1.165) is 36.8 Å². The summed E-state index contributed by atoms with van der Waals surface area (Å²) in [6.45, 7) is 3.98. The van der Waals surface area contributed by atoms with Crippen molar-refractivity contribution in [2.45, 2.75) is 31.8 Å². The van der Waals surface area contributed by atoms with Crippen LogP contribution in [0.5, 0.6) is 0 Å². The van der Waals surface area contributed by atoms with Crippen molar-refractivity contribution in [1.29, 1.82) is 0 Å². The molecule has 2 heterocycles. The van der Waals surface area contributed by atoms with Crippen LogP contribution in [0.25, 0.3) is 10.9 Å². The minimum Gasteiger partial charge on any atom is -0.358 e. The van der Waals surface area contributed by atoms with E-state index in [-0.39, 0.29) is 11.9 Å². The monoisotopic (exact) mass is 327 g/mol. The van der Waals surface area contributed by atoms with Crippen LogP contribution in [0.15, 0.2) is 30.6 Å². The number of piperidine rings is 1. The average Bonchev–Trinajstić information content (AvgIpc) is 2.61. The third-order valence-corrected chi connectivity index (χ3v) is 4.85. The summed E-state index contributed by atoms with van der Waals surface area (Å²) in [6, 6.07) is 7.80. The third-order valence-electron chi connectivity index (χ3n) is 4.85. The average molecular weight is 327 g/mol. The highest BCUT2D eigenvalue weighted by Gasteiger charge is 2.27. The lowest BCUT2D eigenvalue weighted by atomic mass is 10.0. The van der Waals surface area contributed by atoms with E-state index < -0.39 is 0 Å². The molecule has 24 heavy (non-hydrogen) atoms. The maximum atomic E-state index is 12.8. The molecule has 1 aliphatic rings. The number of hydrogen-bond acceptors (Lipinski definition) is 5. The van der Waals surface area contributed by atoms with E-state index in [0.29, 0.717) is 11.9 Å². The van der Waals surface area contributed by atoms with Crippen molar-refractivity contribution < 1.29 is 4.79 Å². The summed E-state index contributed by atoms with van der Waals surface area (Å²) in [5.74, 6) is 0.811. The fourth-order valence-corrected chi connectivity index (χ4v) is 3.25. The number of nitrogens with one attached hydrogen (secondary N) is 1. The summed E-state index contributed by atoms with van der Waals surface area (Å²) >= 11 is 0. The molecular formula is C18H25N5O. The van der Waals surface area contributed by atoms with Crippen LogP contribution in [0, 0.1) is 0 Å². The van der Waals surface area contributed by atoms with Gasteiger partial charge in [0.15, 0.2) is 0 Å². The fourth-order valence-electron chi connectivity index (χ4n) is 3.25. The molecular weight excluding hydrogens is 302 g/mol. The van der Waals surface area contributed by atoms with E-state index in [2.05, 4.69) is 27.2 Å². The lowest BCUT2D eigenvalue weighted by molar-refractivity contribution is -0.133. The normalized spacial score (nSPS) is 17.6. The van der Waals surface area contributed by atoms with Crippen LogP contribution in [0.1, 0.15) is 19.8 Å². The van der Waals surface area contributed by atoms with Gasteiger partial charge in [0.25, 0.3) is 0 Å². The quantitative estimate of drug-likeness (QED) is 0.930. The molecule has 1 unspecified atom stereocenters. The second-order valence-electron chi connectivity index (χ2n) is 6.59. The zero-order chi connectivity index (χ0) is 17.1. The third kappa shape index (κ3) is 3.48. The lowest BCUT2D eigenvalue weighted by Crippen LogP contribution is -2.48. The second kappa shape index (κ2) is 7.13. The molecule has 6 nitrogen and oxygen atoms in total. The topological polar surface area (TPSA) is 61.4 Å². The van der Waals surface area contributed by atoms with Crippen molar-refractivity contribution in [3.63, 3.8) is 0 Å². The molecule has 1 fully saturated rings. The Kier molecular flexibility index (Phi) is 4.94. The summed E-state index contributed by atoms with van der Waals surface area (Å²) in [6.07, 6.45) is 3.59. The number of fused-ring (bicyclic) bond motifs is 1. The zero-order valence-corrected chi connectivity index (χ0v) is 14.6. The molecule has 1 aliphatic heterocycles. The Morgan fingerprint density at radius 2 is 2.00 bits per heavy atom.